The van der Waals surface area contributed by atoms with Gasteiger partial charge in [-0.3, -0.25) is 14.9 Å². The molecule has 1 amide bonds. The van der Waals surface area contributed by atoms with Crippen molar-refractivity contribution in [3.63, 3.8) is 0 Å². The van der Waals surface area contributed by atoms with Crippen LogP contribution in [0.1, 0.15) is 26.7 Å². The molecular weight excluding hydrogens is 384 g/mol. The van der Waals surface area contributed by atoms with Crippen LogP contribution >= 0.6 is 12.4 Å². The van der Waals surface area contributed by atoms with Gasteiger partial charge in [-0.15, -0.1) is 12.4 Å². The number of sulfonamides is 1. The lowest BCUT2D eigenvalue weighted by molar-refractivity contribution is -0.384. The molecule has 1 unspecified atom stereocenters. The number of hydrogen-bond acceptors (Lipinski definition) is 6. The first kappa shape index (κ1) is 24.2. The molecule has 148 valence electrons. The highest BCUT2D eigenvalue weighted by Gasteiger charge is 2.17. The molecule has 0 aromatic heterocycles. The Hall–Kier alpha value is -1.75. The summed E-state index contributed by atoms with van der Waals surface area (Å²) in [5.41, 5.74) is 5.40. The standard InChI is InChI=1S/C15H24N4O5S.ClH/c1-11(2)9-12(10-16)18-15(20)7-8-17-25(23,24)14-5-3-13(4-6-14)19(21)22;/h3-6,11-12,17H,7-10,16H2,1-2H3,(H,18,20);1H. The zero-order chi connectivity index (χ0) is 19.0. The Balaban J connectivity index is 0.00000625. The molecule has 0 fully saturated rings. The Morgan fingerprint density at radius 3 is 2.31 bits per heavy atom. The van der Waals surface area contributed by atoms with Crippen molar-refractivity contribution in [2.45, 2.75) is 37.6 Å². The Morgan fingerprint density at radius 2 is 1.85 bits per heavy atom. The number of halogens is 1. The number of hydrogen-bond donors (Lipinski definition) is 3. The van der Waals surface area contributed by atoms with E-state index in [1.807, 2.05) is 13.8 Å². The van der Waals surface area contributed by atoms with Gasteiger partial charge in [0.1, 0.15) is 0 Å². The zero-order valence-corrected chi connectivity index (χ0v) is 16.3. The normalized spacial score (nSPS) is 12.3. The number of rotatable bonds is 10. The molecule has 1 atom stereocenters. The maximum Gasteiger partial charge on any atom is 0.269 e. The van der Waals surface area contributed by atoms with Crippen LogP contribution in [-0.4, -0.2) is 38.4 Å². The third-order valence-corrected chi connectivity index (χ3v) is 4.88. The molecule has 0 heterocycles. The van der Waals surface area contributed by atoms with Crippen LogP contribution in [0.4, 0.5) is 5.69 Å². The number of nitrogens with zero attached hydrogens (tertiary/aromatic N) is 1. The lowest BCUT2D eigenvalue weighted by Gasteiger charge is -2.18. The minimum Gasteiger partial charge on any atom is -0.352 e. The van der Waals surface area contributed by atoms with Gasteiger partial charge in [0.05, 0.1) is 9.82 Å². The predicted octanol–water partition coefficient (Wildman–Crippen LogP) is 1.17. The lowest BCUT2D eigenvalue weighted by atomic mass is 10.0. The van der Waals surface area contributed by atoms with Gasteiger partial charge in [0.25, 0.3) is 5.69 Å². The fourth-order valence-corrected chi connectivity index (χ4v) is 3.24. The Bertz CT molecular complexity index is 694. The lowest BCUT2D eigenvalue weighted by Crippen LogP contribution is -2.42. The minimum absolute atomic E-state index is 0. The number of nitrogens with two attached hydrogens (primary N) is 1. The van der Waals surface area contributed by atoms with Gasteiger partial charge < -0.3 is 11.1 Å². The highest BCUT2D eigenvalue weighted by molar-refractivity contribution is 7.89. The number of nitrogens with one attached hydrogen (secondary N) is 2. The quantitative estimate of drug-likeness (QED) is 0.391. The second-order valence-corrected chi connectivity index (χ2v) is 7.80. The van der Waals surface area contributed by atoms with E-state index >= 15 is 0 Å². The van der Waals surface area contributed by atoms with E-state index < -0.39 is 14.9 Å². The maximum atomic E-state index is 12.1. The van der Waals surface area contributed by atoms with Crippen LogP contribution in [0, 0.1) is 16.0 Å². The largest absolute Gasteiger partial charge is 0.352 e. The number of carbonyl (C=O) groups excluding carboxylic acids is 1. The van der Waals surface area contributed by atoms with Gasteiger partial charge in [-0.25, -0.2) is 13.1 Å². The summed E-state index contributed by atoms with van der Waals surface area (Å²) in [6.45, 7) is 4.28. The molecular formula is C15H25ClN4O5S. The number of carbonyl (C=O) groups is 1. The van der Waals surface area contributed by atoms with Gasteiger partial charge in [-0.05, 0) is 24.5 Å². The second kappa shape index (κ2) is 11.1. The van der Waals surface area contributed by atoms with E-state index in [9.17, 15) is 23.3 Å². The summed E-state index contributed by atoms with van der Waals surface area (Å²) >= 11 is 0. The van der Waals surface area contributed by atoms with E-state index in [0.717, 1.165) is 30.7 Å². The van der Waals surface area contributed by atoms with Crippen molar-refractivity contribution < 1.29 is 18.1 Å². The molecule has 0 aliphatic carbocycles. The van der Waals surface area contributed by atoms with Crippen LogP contribution in [0.25, 0.3) is 0 Å². The van der Waals surface area contributed by atoms with Gasteiger partial charge in [0.15, 0.2) is 0 Å². The summed E-state index contributed by atoms with van der Waals surface area (Å²) < 4.78 is 26.5. The monoisotopic (exact) mass is 408 g/mol. The number of amides is 1. The molecule has 0 saturated carbocycles. The van der Waals surface area contributed by atoms with E-state index in [-0.39, 0.29) is 47.9 Å². The fourth-order valence-electron chi connectivity index (χ4n) is 2.21. The minimum atomic E-state index is -3.83. The summed E-state index contributed by atoms with van der Waals surface area (Å²) in [7, 11) is -3.83. The molecule has 0 radical (unpaired) electrons. The molecule has 11 heteroatoms. The first-order chi connectivity index (χ1) is 11.7. The van der Waals surface area contributed by atoms with E-state index in [0.29, 0.717) is 12.5 Å². The van der Waals surface area contributed by atoms with E-state index in [1.165, 1.54) is 0 Å². The van der Waals surface area contributed by atoms with E-state index in [2.05, 4.69) is 10.0 Å². The number of benzene rings is 1. The van der Waals surface area contributed by atoms with Crippen LogP contribution in [0.3, 0.4) is 0 Å². The van der Waals surface area contributed by atoms with Crippen molar-refractivity contribution >= 4 is 34.0 Å². The van der Waals surface area contributed by atoms with Gasteiger partial charge in [-0.2, -0.15) is 0 Å². The third-order valence-electron chi connectivity index (χ3n) is 3.41. The van der Waals surface area contributed by atoms with Gasteiger partial charge in [-0.1, -0.05) is 13.8 Å². The van der Waals surface area contributed by atoms with E-state index in [4.69, 9.17) is 5.73 Å². The molecule has 1 rings (SSSR count). The Labute approximate surface area is 159 Å². The molecule has 26 heavy (non-hydrogen) atoms. The van der Waals surface area contributed by atoms with Crippen molar-refractivity contribution in [2.75, 3.05) is 13.1 Å². The summed E-state index contributed by atoms with van der Waals surface area (Å²) in [4.78, 5) is 21.7. The zero-order valence-electron chi connectivity index (χ0n) is 14.7. The van der Waals surface area contributed by atoms with Crippen molar-refractivity contribution in [1.82, 2.24) is 10.0 Å². The molecule has 0 spiro atoms. The van der Waals surface area contributed by atoms with Crippen molar-refractivity contribution in [3.8, 4) is 0 Å². The highest BCUT2D eigenvalue weighted by atomic mass is 35.5. The van der Waals surface area contributed by atoms with Crippen LogP contribution in [-0.2, 0) is 14.8 Å². The summed E-state index contributed by atoms with van der Waals surface area (Å²) in [6, 6.07) is 4.37. The first-order valence-corrected chi connectivity index (χ1v) is 9.37. The van der Waals surface area contributed by atoms with Crippen LogP contribution in [0.15, 0.2) is 29.2 Å². The fraction of sp³-hybridized carbons (Fsp3) is 0.533. The van der Waals surface area contributed by atoms with Gasteiger partial charge in [0.2, 0.25) is 15.9 Å². The summed E-state index contributed by atoms with van der Waals surface area (Å²) in [5.74, 6) is 0.0944. The third kappa shape index (κ3) is 8.09. The van der Waals surface area contributed by atoms with E-state index in [1.54, 1.807) is 0 Å². The molecule has 0 bridgehead atoms. The molecule has 9 nitrogen and oxygen atoms in total. The Kier molecular flexibility index (Phi) is 10.3. The maximum absolute atomic E-state index is 12.1. The number of nitro benzene ring substituents is 1. The number of non-ortho nitro benzene ring substituents is 1. The Morgan fingerprint density at radius 1 is 1.27 bits per heavy atom. The van der Waals surface area contributed by atoms with Crippen molar-refractivity contribution in [2.24, 2.45) is 11.7 Å². The van der Waals surface area contributed by atoms with Crippen molar-refractivity contribution in [3.05, 3.63) is 34.4 Å². The SMILES string of the molecule is CC(C)CC(CN)NC(=O)CCNS(=O)(=O)c1ccc([N+](=O)[O-])cc1.Cl. The topological polar surface area (TPSA) is 144 Å². The molecule has 0 aliphatic rings. The summed E-state index contributed by atoms with van der Waals surface area (Å²) in [5, 5.41) is 13.3. The van der Waals surface area contributed by atoms with Crippen molar-refractivity contribution in [1.29, 1.82) is 0 Å². The summed E-state index contributed by atoms with van der Waals surface area (Å²) in [6.07, 6.45) is 0.720. The second-order valence-electron chi connectivity index (χ2n) is 6.03. The molecule has 1 aromatic rings. The smallest absolute Gasteiger partial charge is 0.269 e. The average Bonchev–Trinajstić information content (AvgIpc) is 2.53. The number of nitro groups is 1. The van der Waals surface area contributed by atoms with Crippen LogP contribution < -0.4 is 15.8 Å². The first-order valence-electron chi connectivity index (χ1n) is 7.89. The molecule has 0 aliphatic heterocycles. The molecule has 0 saturated heterocycles. The molecule has 1 aromatic carbocycles. The molecule has 4 N–H and O–H groups in total. The van der Waals surface area contributed by atoms with Gasteiger partial charge in [0, 0.05) is 37.7 Å². The van der Waals surface area contributed by atoms with Crippen LogP contribution in [0.2, 0.25) is 0 Å². The van der Waals surface area contributed by atoms with Gasteiger partial charge >= 0.3 is 0 Å². The highest BCUT2D eigenvalue weighted by Crippen LogP contribution is 2.15. The predicted molar refractivity (Wildman–Crippen MR) is 101 cm³/mol. The average molecular weight is 409 g/mol. The van der Waals surface area contributed by atoms with Crippen LogP contribution in [0.5, 0.6) is 0 Å².